The number of hydrogen-bond donors (Lipinski definition) is 2. The summed E-state index contributed by atoms with van der Waals surface area (Å²) in [6.45, 7) is 13.5. The lowest BCUT2D eigenvalue weighted by Crippen LogP contribution is -2.62. The molecule has 1 fully saturated rings. The monoisotopic (exact) mass is 256 g/mol. The molecule has 1 rings (SSSR count). The predicted molar refractivity (Wildman–Crippen MR) is 73.5 cm³/mol. The molecule has 0 heterocycles. The third kappa shape index (κ3) is 3.95. The van der Waals surface area contributed by atoms with E-state index in [-0.39, 0.29) is 16.9 Å². The first-order valence-electron chi connectivity index (χ1n) is 6.83. The quantitative estimate of drug-likeness (QED) is 0.787. The van der Waals surface area contributed by atoms with E-state index in [1.807, 2.05) is 27.7 Å². The molecule has 0 radical (unpaired) electrons. The molecule has 0 saturated heterocycles. The summed E-state index contributed by atoms with van der Waals surface area (Å²) in [5.74, 6) is 0.0539. The Morgan fingerprint density at radius 2 is 2.00 bits per heavy atom. The minimum Gasteiger partial charge on any atom is -0.378 e. The summed E-state index contributed by atoms with van der Waals surface area (Å²) in [6, 6.07) is 0.361. The molecule has 0 bridgehead atoms. The Labute approximate surface area is 111 Å². The fourth-order valence-electron chi connectivity index (χ4n) is 2.39. The van der Waals surface area contributed by atoms with Gasteiger partial charge in [-0.2, -0.15) is 0 Å². The molecular formula is C14H28N2O2. The Morgan fingerprint density at radius 3 is 2.44 bits per heavy atom. The zero-order valence-electron chi connectivity index (χ0n) is 12.6. The van der Waals surface area contributed by atoms with Crippen molar-refractivity contribution >= 4 is 5.91 Å². The van der Waals surface area contributed by atoms with Crippen LogP contribution in [0.5, 0.6) is 0 Å². The van der Waals surface area contributed by atoms with Crippen LogP contribution in [0.3, 0.4) is 0 Å². The standard InChI is InChI=1S/C14H28N2O2/c1-7-18-11-8-10(14(11,5)6)15-9-12(17)16-13(2,3)4/h10-11,15H,7-9H2,1-6H3,(H,16,17). The average Bonchev–Trinajstić information content (AvgIpc) is 2.19. The van der Waals surface area contributed by atoms with Gasteiger partial charge in [-0.1, -0.05) is 13.8 Å². The van der Waals surface area contributed by atoms with Gasteiger partial charge in [0.15, 0.2) is 0 Å². The Balaban J connectivity index is 2.32. The topological polar surface area (TPSA) is 50.4 Å². The lowest BCUT2D eigenvalue weighted by molar-refractivity contribution is -0.127. The second-order valence-corrected chi connectivity index (χ2v) is 6.73. The van der Waals surface area contributed by atoms with Crippen molar-refractivity contribution in [2.24, 2.45) is 5.41 Å². The summed E-state index contributed by atoms with van der Waals surface area (Å²) in [5.41, 5.74) is -0.0558. The van der Waals surface area contributed by atoms with E-state index in [1.54, 1.807) is 0 Å². The van der Waals surface area contributed by atoms with Crippen molar-refractivity contribution in [1.29, 1.82) is 0 Å². The lowest BCUT2D eigenvalue weighted by Gasteiger charge is -2.51. The van der Waals surface area contributed by atoms with Crippen LogP contribution < -0.4 is 10.6 Å². The SMILES string of the molecule is CCOC1CC(NCC(=O)NC(C)(C)C)C1(C)C. The highest BCUT2D eigenvalue weighted by atomic mass is 16.5. The van der Waals surface area contributed by atoms with Gasteiger partial charge in [0.1, 0.15) is 0 Å². The van der Waals surface area contributed by atoms with Gasteiger partial charge in [-0.15, -0.1) is 0 Å². The van der Waals surface area contributed by atoms with Crippen LogP contribution in [0.2, 0.25) is 0 Å². The van der Waals surface area contributed by atoms with Crippen molar-refractivity contribution in [2.75, 3.05) is 13.2 Å². The van der Waals surface area contributed by atoms with E-state index in [2.05, 4.69) is 24.5 Å². The maximum atomic E-state index is 11.7. The second kappa shape index (κ2) is 5.57. The Bertz CT molecular complexity index is 295. The number of amides is 1. The highest BCUT2D eigenvalue weighted by Gasteiger charge is 2.48. The van der Waals surface area contributed by atoms with Crippen molar-refractivity contribution in [2.45, 2.75) is 65.6 Å². The highest BCUT2D eigenvalue weighted by molar-refractivity contribution is 5.78. The zero-order valence-corrected chi connectivity index (χ0v) is 12.6. The lowest BCUT2D eigenvalue weighted by atomic mass is 9.64. The molecule has 2 atom stereocenters. The maximum Gasteiger partial charge on any atom is 0.234 e. The molecular weight excluding hydrogens is 228 g/mol. The molecule has 1 aliphatic rings. The zero-order chi connectivity index (χ0) is 14.0. The van der Waals surface area contributed by atoms with E-state index in [0.29, 0.717) is 18.7 Å². The number of ether oxygens (including phenoxy) is 1. The van der Waals surface area contributed by atoms with Gasteiger partial charge in [-0.05, 0) is 34.1 Å². The Hall–Kier alpha value is -0.610. The van der Waals surface area contributed by atoms with Crippen molar-refractivity contribution in [3.63, 3.8) is 0 Å². The number of nitrogens with one attached hydrogen (secondary N) is 2. The van der Waals surface area contributed by atoms with E-state index >= 15 is 0 Å². The number of hydrogen-bond acceptors (Lipinski definition) is 3. The average molecular weight is 256 g/mol. The molecule has 1 aliphatic carbocycles. The van der Waals surface area contributed by atoms with Crippen molar-refractivity contribution < 1.29 is 9.53 Å². The molecule has 4 heteroatoms. The van der Waals surface area contributed by atoms with Crippen LogP contribution in [0.25, 0.3) is 0 Å². The molecule has 106 valence electrons. The summed E-state index contributed by atoms with van der Waals surface area (Å²) in [4.78, 5) is 11.7. The van der Waals surface area contributed by atoms with Crippen molar-refractivity contribution in [1.82, 2.24) is 10.6 Å². The summed E-state index contributed by atoms with van der Waals surface area (Å²) in [6.07, 6.45) is 1.30. The van der Waals surface area contributed by atoms with Gasteiger partial charge in [0, 0.05) is 23.6 Å². The van der Waals surface area contributed by atoms with Crippen molar-refractivity contribution in [3.8, 4) is 0 Å². The van der Waals surface area contributed by atoms with Gasteiger partial charge in [-0.25, -0.2) is 0 Å². The van der Waals surface area contributed by atoms with E-state index in [1.165, 1.54) is 0 Å². The van der Waals surface area contributed by atoms with Crippen LogP contribution >= 0.6 is 0 Å². The molecule has 0 spiro atoms. The fourth-order valence-corrected chi connectivity index (χ4v) is 2.39. The minimum atomic E-state index is -0.165. The van der Waals surface area contributed by atoms with E-state index in [0.717, 1.165) is 13.0 Å². The predicted octanol–water partition coefficient (Wildman–Crippen LogP) is 1.69. The minimum absolute atomic E-state index is 0.0539. The number of carbonyl (C=O) groups is 1. The first-order valence-corrected chi connectivity index (χ1v) is 6.83. The van der Waals surface area contributed by atoms with Gasteiger partial charge < -0.3 is 15.4 Å². The first-order chi connectivity index (χ1) is 8.16. The van der Waals surface area contributed by atoms with Gasteiger partial charge in [0.05, 0.1) is 12.6 Å². The first kappa shape index (κ1) is 15.4. The van der Waals surface area contributed by atoms with E-state index < -0.39 is 0 Å². The smallest absolute Gasteiger partial charge is 0.234 e. The second-order valence-electron chi connectivity index (χ2n) is 6.73. The van der Waals surface area contributed by atoms with Crippen LogP contribution in [-0.4, -0.2) is 36.7 Å². The normalized spacial score (nSPS) is 26.6. The Morgan fingerprint density at radius 1 is 1.39 bits per heavy atom. The molecule has 0 aromatic rings. The van der Waals surface area contributed by atoms with Gasteiger partial charge in [0.2, 0.25) is 5.91 Å². The summed E-state index contributed by atoms with van der Waals surface area (Å²) in [7, 11) is 0. The van der Waals surface area contributed by atoms with Crippen LogP contribution in [0.4, 0.5) is 0 Å². The number of rotatable bonds is 5. The van der Waals surface area contributed by atoms with Crippen molar-refractivity contribution in [3.05, 3.63) is 0 Å². The van der Waals surface area contributed by atoms with Crippen LogP contribution in [0, 0.1) is 5.41 Å². The van der Waals surface area contributed by atoms with Crippen LogP contribution in [0.1, 0.15) is 48.0 Å². The third-order valence-electron chi connectivity index (χ3n) is 3.57. The fraction of sp³-hybridized carbons (Fsp3) is 0.929. The largest absolute Gasteiger partial charge is 0.378 e. The van der Waals surface area contributed by atoms with Gasteiger partial charge in [-0.3, -0.25) is 4.79 Å². The summed E-state index contributed by atoms with van der Waals surface area (Å²) in [5, 5.41) is 6.28. The number of carbonyl (C=O) groups excluding carboxylic acids is 1. The Kier molecular flexibility index (Phi) is 4.78. The molecule has 1 saturated carbocycles. The molecule has 4 nitrogen and oxygen atoms in total. The third-order valence-corrected chi connectivity index (χ3v) is 3.57. The molecule has 2 unspecified atom stereocenters. The van der Waals surface area contributed by atoms with Crippen LogP contribution in [0.15, 0.2) is 0 Å². The van der Waals surface area contributed by atoms with Gasteiger partial charge in [0.25, 0.3) is 0 Å². The summed E-state index contributed by atoms with van der Waals surface area (Å²) >= 11 is 0. The van der Waals surface area contributed by atoms with Gasteiger partial charge >= 0.3 is 0 Å². The molecule has 2 N–H and O–H groups in total. The molecule has 0 aliphatic heterocycles. The van der Waals surface area contributed by atoms with E-state index in [9.17, 15) is 4.79 Å². The molecule has 0 aromatic carbocycles. The maximum absolute atomic E-state index is 11.7. The molecule has 0 aromatic heterocycles. The highest BCUT2D eigenvalue weighted by Crippen LogP contribution is 2.42. The molecule has 18 heavy (non-hydrogen) atoms. The summed E-state index contributed by atoms with van der Waals surface area (Å²) < 4.78 is 5.67. The van der Waals surface area contributed by atoms with E-state index in [4.69, 9.17) is 4.74 Å². The molecule has 1 amide bonds. The van der Waals surface area contributed by atoms with Crippen LogP contribution in [-0.2, 0) is 9.53 Å².